The van der Waals surface area contributed by atoms with E-state index in [1.54, 1.807) is 13.0 Å². The molecule has 0 unspecified atom stereocenters. The van der Waals surface area contributed by atoms with Crippen LogP contribution in [-0.4, -0.2) is 41.4 Å². The Labute approximate surface area is 135 Å². The van der Waals surface area contributed by atoms with E-state index >= 15 is 0 Å². The Morgan fingerprint density at radius 2 is 2.09 bits per heavy atom. The topological polar surface area (TPSA) is 102 Å². The first-order chi connectivity index (χ1) is 9.95. The maximum absolute atomic E-state index is 12.0. The summed E-state index contributed by atoms with van der Waals surface area (Å²) >= 11 is 0. The number of halogens is 1. The Kier molecular flexibility index (Phi) is 6.73. The standard InChI is InChI=1S/C14H20N4O3.ClH/c1-10-2-3-12(18(20)21)8-13(10)16-14(19)9-17-6-4-11(15)5-7-17;/h2-3,8,11H,4-7,9,15H2,1H3,(H,16,19);1H. The van der Waals surface area contributed by atoms with Crippen LogP contribution < -0.4 is 11.1 Å². The number of piperidine rings is 1. The molecule has 1 heterocycles. The SMILES string of the molecule is Cc1ccc([N+](=O)[O-])cc1NC(=O)CN1CCC(N)CC1.Cl. The molecule has 0 spiro atoms. The van der Waals surface area contributed by atoms with Gasteiger partial charge in [0, 0.05) is 31.3 Å². The summed E-state index contributed by atoms with van der Waals surface area (Å²) in [6, 6.07) is 4.67. The molecule has 0 aromatic heterocycles. The minimum atomic E-state index is -0.471. The van der Waals surface area contributed by atoms with Crippen molar-refractivity contribution in [2.75, 3.05) is 25.0 Å². The molecule has 1 amide bonds. The van der Waals surface area contributed by atoms with Gasteiger partial charge in [0.1, 0.15) is 0 Å². The maximum atomic E-state index is 12.0. The predicted molar refractivity (Wildman–Crippen MR) is 87.4 cm³/mol. The Bertz CT molecular complexity index is 545. The quantitative estimate of drug-likeness (QED) is 0.647. The van der Waals surface area contributed by atoms with E-state index in [-0.39, 0.29) is 36.6 Å². The van der Waals surface area contributed by atoms with Gasteiger partial charge in [-0.2, -0.15) is 0 Å². The van der Waals surface area contributed by atoms with E-state index in [2.05, 4.69) is 5.32 Å². The van der Waals surface area contributed by atoms with E-state index in [9.17, 15) is 14.9 Å². The van der Waals surface area contributed by atoms with Crippen molar-refractivity contribution in [1.29, 1.82) is 0 Å². The summed E-state index contributed by atoms with van der Waals surface area (Å²) in [6.07, 6.45) is 1.78. The summed E-state index contributed by atoms with van der Waals surface area (Å²) in [5.74, 6) is -0.158. The van der Waals surface area contributed by atoms with Crippen LogP contribution in [0.2, 0.25) is 0 Å². The van der Waals surface area contributed by atoms with Crippen molar-refractivity contribution in [3.63, 3.8) is 0 Å². The molecule has 7 nitrogen and oxygen atoms in total. The van der Waals surface area contributed by atoms with Gasteiger partial charge in [-0.1, -0.05) is 6.07 Å². The third-order valence-electron chi connectivity index (χ3n) is 3.71. The van der Waals surface area contributed by atoms with E-state index < -0.39 is 4.92 Å². The summed E-state index contributed by atoms with van der Waals surface area (Å²) in [5.41, 5.74) is 7.09. The highest BCUT2D eigenvalue weighted by Gasteiger charge is 2.19. The minimum absolute atomic E-state index is 0. The van der Waals surface area contributed by atoms with E-state index in [1.165, 1.54) is 12.1 Å². The van der Waals surface area contributed by atoms with Crippen molar-refractivity contribution in [1.82, 2.24) is 4.90 Å². The monoisotopic (exact) mass is 328 g/mol. The molecule has 1 aromatic rings. The fourth-order valence-corrected chi connectivity index (χ4v) is 2.36. The number of nitrogens with zero attached hydrogens (tertiary/aromatic N) is 2. The summed E-state index contributed by atoms with van der Waals surface area (Å²) < 4.78 is 0. The molecule has 1 fully saturated rings. The van der Waals surface area contributed by atoms with Crippen molar-refractivity contribution >= 4 is 29.7 Å². The molecular formula is C14H21ClN4O3. The molecule has 1 aromatic carbocycles. The average molecular weight is 329 g/mol. The van der Waals surface area contributed by atoms with E-state index in [4.69, 9.17) is 5.73 Å². The highest BCUT2D eigenvalue weighted by Crippen LogP contribution is 2.21. The smallest absolute Gasteiger partial charge is 0.271 e. The van der Waals surface area contributed by atoms with Crippen molar-refractivity contribution in [3.05, 3.63) is 33.9 Å². The Hall–Kier alpha value is -1.70. The van der Waals surface area contributed by atoms with Gasteiger partial charge in [0.2, 0.25) is 5.91 Å². The second kappa shape index (κ2) is 8.07. The first kappa shape index (κ1) is 18.3. The zero-order valence-corrected chi connectivity index (χ0v) is 13.3. The van der Waals surface area contributed by atoms with E-state index in [0.717, 1.165) is 31.5 Å². The average Bonchev–Trinajstić information content (AvgIpc) is 2.43. The molecule has 8 heteroatoms. The molecule has 1 aliphatic rings. The first-order valence-electron chi connectivity index (χ1n) is 6.98. The highest BCUT2D eigenvalue weighted by atomic mass is 35.5. The number of nitro benzene ring substituents is 1. The Morgan fingerprint density at radius 3 is 2.68 bits per heavy atom. The number of carbonyl (C=O) groups is 1. The van der Waals surface area contributed by atoms with Crippen LogP contribution in [0, 0.1) is 17.0 Å². The molecule has 0 bridgehead atoms. The third-order valence-corrected chi connectivity index (χ3v) is 3.71. The number of anilines is 1. The van der Waals surface area contributed by atoms with Gasteiger partial charge in [-0.25, -0.2) is 0 Å². The Balaban J connectivity index is 0.00000242. The number of hydrogen-bond acceptors (Lipinski definition) is 5. The lowest BCUT2D eigenvalue weighted by Crippen LogP contribution is -2.43. The van der Waals surface area contributed by atoms with Crippen LogP contribution in [0.5, 0.6) is 0 Å². The number of carbonyl (C=O) groups excluding carboxylic acids is 1. The minimum Gasteiger partial charge on any atom is -0.328 e. The lowest BCUT2D eigenvalue weighted by molar-refractivity contribution is -0.384. The lowest BCUT2D eigenvalue weighted by Gasteiger charge is -2.29. The van der Waals surface area contributed by atoms with Crippen LogP contribution in [0.3, 0.4) is 0 Å². The summed E-state index contributed by atoms with van der Waals surface area (Å²) in [5, 5.41) is 13.5. The van der Waals surface area contributed by atoms with Crippen LogP contribution in [0.4, 0.5) is 11.4 Å². The van der Waals surface area contributed by atoms with Crippen molar-refractivity contribution < 1.29 is 9.72 Å². The van der Waals surface area contributed by atoms with Crippen molar-refractivity contribution in [2.45, 2.75) is 25.8 Å². The molecule has 122 valence electrons. The lowest BCUT2D eigenvalue weighted by atomic mass is 10.1. The zero-order chi connectivity index (χ0) is 15.4. The first-order valence-corrected chi connectivity index (χ1v) is 6.98. The molecule has 2 rings (SSSR count). The molecule has 1 aliphatic heterocycles. The maximum Gasteiger partial charge on any atom is 0.271 e. The number of nitrogens with one attached hydrogen (secondary N) is 1. The van der Waals surface area contributed by atoms with Crippen LogP contribution >= 0.6 is 12.4 Å². The third kappa shape index (κ3) is 4.94. The van der Waals surface area contributed by atoms with Gasteiger partial charge >= 0.3 is 0 Å². The number of rotatable bonds is 4. The highest BCUT2D eigenvalue weighted by molar-refractivity contribution is 5.93. The van der Waals surface area contributed by atoms with E-state index in [1.807, 2.05) is 4.90 Å². The van der Waals surface area contributed by atoms with Crippen molar-refractivity contribution in [3.8, 4) is 0 Å². The molecule has 0 radical (unpaired) electrons. The largest absolute Gasteiger partial charge is 0.328 e. The molecule has 3 N–H and O–H groups in total. The molecular weight excluding hydrogens is 308 g/mol. The second-order valence-corrected chi connectivity index (χ2v) is 5.42. The van der Waals surface area contributed by atoms with Crippen LogP contribution in [0.15, 0.2) is 18.2 Å². The van der Waals surface area contributed by atoms with Crippen LogP contribution in [0.1, 0.15) is 18.4 Å². The summed E-state index contributed by atoms with van der Waals surface area (Å²) in [7, 11) is 0. The fourth-order valence-electron chi connectivity index (χ4n) is 2.36. The second-order valence-electron chi connectivity index (χ2n) is 5.42. The molecule has 22 heavy (non-hydrogen) atoms. The van der Waals surface area contributed by atoms with Crippen LogP contribution in [0.25, 0.3) is 0 Å². The van der Waals surface area contributed by atoms with Gasteiger partial charge in [0.15, 0.2) is 0 Å². The van der Waals surface area contributed by atoms with Crippen molar-refractivity contribution in [2.24, 2.45) is 5.73 Å². The zero-order valence-electron chi connectivity index (χ0n) is 12.4. The molecule has 0 saturated carbocycles. The number of nitrogens with two attached hydrogens (primary N) is 1. The van der Waals surface area contributed by atoms with Gasteiger partial charge in [-0.05, 0) is 25.3 Å². The summed E-state index contributed by atoms with van der Waals surface area (Å²) in [6.45, 7) is 3.71. The number of non-ortho nitro benzene ring substituents is 1. The van der Waals surface area contributed by atoms with Gasteiger partial charge in [0.25, 0.3) is 5.69 Å². The summed E-state index contributed by atoms with van der Waals surface area (Å²) in [4.78, 5) is 24.4. The molecule has 0 atom stereocenters. The molecule has 0 aliphatic carbocycles. The van der Waals surface area contributed by atoms with Gasteiger partial charge in [0.05, 0.1) is 17.2 Å². The molecule has 1 saturated heterocycles. The number of hydrogen-bond donors (Lipinski definition) is 2. The van der Waals surface area contributed by atoms with Crippen LogP contribution in [-0.2, 0) is 4.79 Å². The number of amides is 1. The fraction of sp³-hybridized carbons (Fsp3) is 0.500. The van der Waals surface area contributed by atoms with Gasteiger partial charge in [-0.3, -0.25) is 19.8 Å². The number of likely N-dealkylation sites (tertiary alicyclic amines) is 1. The Morgan fingerprint density at radius 1 is 1.45 bits per heavy atom. The number of nitro groups is 1. The number of benzene rings is 1. The van der Waals surface area contributed by atoms with Gasteiger partial charge < -0.3 is 11.1 Å². The number of aryl methyl sites for hydroxylation is 1. The normalized spacial score (nSPS) is 15.9. The predicted octanol–water partition coefficient (Wildman–Crippen LogP) is 1.69. The van der Waals surface area contributed by atoms with E-state index in [0.29, 0.717) is 5.69 Å². The van der Waals surface area contributed by atoms with Gasteiger partial charge in [-0.15, -0.1) is 12.4 Å².